The summed E-state index contributed by atoms with van der Waals surface area (Å²) in [4.78, 5) is -0.0289. The Morgan fingerprint density at radius 3 is 2.41 bits per heavy atom. The van der Waals surface area contributed by atoms with Crippen molar-refractivity contribution < 1.29 is 8.42 Å². The monoisotopic (exact) mass is 298 g/mol. The van der Waals surface area contributed by atoms with E-state index in [0.29, 0.717) is 18.7 Å². The summed E-state index contributed by atoms with van der Waals surface area (Å²) in [5.41, 5.74) is 0.462. The van der Waals surface area contributed by atoms with Gasteiger partial charge in [-0.25, -0.2) is 8.42 Å². The fraction of sp³-hybridized carbons (Fsp3) is 0.700. The van der Waals surface area contributed by atoms with Crippen molar-refractivity contribution in [2.24, 2.45) is 0 Å². The molecule has 0 amide bonds. The van der Waals surface area contributed by atoms with Crippen molar-refractivity contribution >= 4 is 31.3 Å². The molecular weight excluding hydrogens is 283 g/mol. The Hall–Kier alpha value is -0.260. The zero-order chi connectivity index (χ0) is 13.1. The van der Waals surface area contributed by atoms with Crippen molar-refractivity contribution in [1.29, 1.82) is 0 Å². The lowest BCUT2D eigenvalue weighted by atomic mass is 10.2. The van der Waals surface area contributed by atoms with E-state index in [1.54, 1.807) is 0 Å². The number of nitrogens with zero attached hydrogens (tertiary/aromatic N) is 2. The van der Waals surface area contributed by atoms with Crippen LogP contribution in [0.25, 0.3) is 0 Å². The molecule has 0 spiro atoms. The molecule has 17 heavy (non-hydrogen) atoms. The third kappa shape index (κ3) is 3.60. The summed E-state index contributed by atoms with van der Waals surface area (Å²) in [6.45, 7) is 4.60. The maximum Gasteiger partial charge on any atom is 0.266 e. The predicted molar refractivity (Wildman–Crippen MR) is 69.2 cm³/mol. The Bertz CT molecular complexity index is 483. The highest BCUT2D eigenvalue weighted by Crippen LogP contribution is 2.29. The molecule has 0 N–H and O–H groups in total. The molecule has 0 aliphatic heterocycles. The van der Waals surface area contributed by atoms with Crippen molar-refractivity contribution in [2.75, 3.05) is 0 Å². The molecule has 98 valence electrons. The van der Waals surface area contributed by atoms with E-state index in [1.165, 1.54) is 4.68 Å². The van der Waals surface area contributed by atoms with Crippen LogP contribution in [0.5, 0.6) is 0 Å². The lowest BCUT2D eigenvalue weighted by Crippen LogP contribution is -2.00. The summed E-state index contributed by atoms with van der Waals surface area (Å²) in [5, 5.41) is 4.35. The third-order valence-corrected chi connectivity index (χ3v) is 4.25. The molecule has 0 aliphatic rings. The first-order valence-electron chi connectivity index (χ1n) is 5.61. The number of aryl methyl sites for hydroxylation is 2. The van der Waals surface area contributed by atoms with Gasteiger partial charge in [-0.1, -0.05) is 38.3 Å². The Morgan fingerprint density at radius 2 is 1.94 bits per heavy atom. The maximum atomic E-state index is 11.5. The molecule has 1 aromatic heterocycles. The van der Waals surface area contributed by atoms with Crippen molar-refractivity contribution in [3.63, 3.8) is 0 Å². The Balaban J connectivity index is 3.21. The van der Waals surface area contributed by atoms with E-state index in [1.807, 2.05) is 13.8 Å². The van der Waals surface area contributed by atoms with Crippen LogP contribution in [0.4, 0.5) is 0 Å². The van der Waals surface area contributed by atoms with Gasteiger partial charge in [0.2, 0.25) is 0 Å². The number of hydrogen-bond acceptors (Lipinski definition) is 3. The van der Waals surface area contributed by atoms with Crippen LogP contribution in [0.2, 0.25) is 5.15 Å². The van der Waals surface area contributed by atoms with E-state index in [-0.39, 0.29) is 10.0 Å². The molecule has 0 radical (unpaired) electrons. The number of halogens is 2. The molecule has 4 nitrogen and oxygen atoms in total. The van der Waals surface area contributed by atoms with Crippen LogP contribution in [0.1, 0.15) is 38.8 Å². The molecular formula is C10H16Cl2N2O2S. The second-order valence-electron chi connectivity index (χ2n) is 3.83. The lowest BCUT2D eigenvalue weighted by Gasteiger charge is -2.00. The van der Waals surface area contributed by atoms with Crippen LogP contribution in [0.3, 0.4) is 0 Å². The summed E-state index contributed by atoms with van der Waals surface area (Å²) in [7, 11) is 1.55. The normalized spacial score (nSPS) is 12.0. The van der Waals surface area contributed by atoms with E-state index < -0.39 is 9.05 Å². The largest absolute Gasteiger partial charge is 0.266 e. The minimum absolute atomic E-state index is 0.0289. The summed E-state index contributed by atoms with van der Waals surface area (Å²) < 4.78 is 24.4. The average Bonchev–Trinajstić information content (AvgIpc) is 2.52. The van der Waals surface area contributed by atoms with Crippen molar-refractivity contribution in [2.45, 2.75) is 51.0 Å². The minimum atomic E-state index is -3.83. The summed E-state index contributed by atoms with van der Waals surface area (Å²) in [5.74, 6) is 0. The molecule has 0 aliphatic carbocycles. The van der Waals surface area contributed by atoms with E-state index in [4.69, 9.17) is 22.3 Å². The highest BCUT2D eigenvalue weighted by molar-refractivity contribution is 8.13. The highest BCUT2D eigenvalue weighted by atomic mass is 35.7. The van der Waals surface area contributed by atoms with Gasteiger partial charge in [-0.15, -0.1) is 0 Å². The standard InChI is InChI=1S/C10H16Cl2N2O2S/c1-3-5-7-14-10(11)9(17(12,15)16)8(13-14)6-4-2/h3-7H2,1-2H3. The molecule has 0 unspecified atom stereocenters. The number of rotatable bonds is 6. The van der Waals surface area contributed by atoms with E-state index in [2.05, 4.69) is 5.10 Å². The molecule has 0 fully saturated rings. The molecule has 0 atom stereocenters. The van der Waals surface area contributed by atoms with Gasteiger partial charge < -0.3 is 0 Å². The number of aromatic nitrogens is 2. The van der Waals surface area contributed by atoms with E-state index in [0.717, 1.165) is 19.3 Å². The minimum Gasteiger partial charge on any atom is -0.252 e. The topological polar surface area (TPSA) is 52.0 Å². The molecule has 1 aromatic rings. The Morgan fingerprint density at radius 1 is 1.29 bits per heavy atom. The molecule has 0 aromatic carbocycles. The summed E-state index contributed by atoms with van der Waals surface area (Å²) in [6, 6.07) is 0. The van der Waals surface area contributed by atoms with Crippen molar-refractivity contribution in [1.82, 2.24) is 9.78 Å². The second-order valence-corrected chi connectivity index (χ2v) is 6.69. The van der Waals surface area contributed by atoms with Gasteiger partial charge in [0.1, 0.15) is 10.0 Å². The second kappa shape index (κ2) is 6.07. The summed E-state index contributed by atoms with van der Waals surface area (Å²) in [6.07, 6.45) is 3.23. The first-order valence-corrected chi connectivity index (χ1v) is 8.30. The Labute approximate surface area is 111 Å². The molecule has 1 heterocycles. The van der Waals surface area contributed by atoms with Gasteiger partial charge in [-0.2, -0.15) is 5.10 Å². The maximum absolute atomic E-state index is 11.5. The van der Waals surface area contributed by atoms with E-state index in [9.17, 15) is 8.42 Å². The van der Waals surface area contributed by atoms with Gasteiger partial charge in [0.25, 0.3) is 9.05 Å². The van der Waals surface area contributed by atoms with Gasteiger partial charge in [-0.3, -0.25) is 4.68 Å². The fourth-order valence-corrected chi connectivity index (χ4v) is 3.44. The van der Waals surface area contributed by atoms with Crippen LogP contribution in [0, 0.1) is 0 Å². The predicted octanol–water partition coefficient (Wildman–Crippen LogP) is 3.22. The third-order valence-electron chi connectivity index (χ3n) is 2.37. The van der Waals surface area contributed by atoms with Gasteiger partial charge in [-0.05, 0) is 12.8 Å². The first kappa shape index (κ1) is 14.8. The quantitative estimate of drug-likeness (QED) is 0.758. The van der Waals surface area contributed by atoms with Gasteiger partial charge in [0, 0.05) is 17.2 Å². The van der Waals surface area contributed by atoms with Crippen LogP contribution < -0.4 is 0 Å². The molecule has 1 rings (SSSR count). The summed E-state index contributed by atoms with van der Waals surface area (Å²) >= 11 is 6.02. The smallest absolute Gasteiger partial charge is 0.252 e. The van der Waals surface area contributed by atoms with Crippen molar-refractivity contribution in [3.05, 3.63) is 10.8 Å². The molecule has 0 saturated carbocycles. The Kier molecular flexibility index (Phi) is 5.28. The van der Waals surface area contributed by atoms with Gasteiger partial charge >= 0.3 is 0 Å². The van der Waals surface area contributed by atoms with Crippen molar-refractivity contribution in [3.8, 4) is 0 Å². The van der Waals surface area contributed by atoms with Crippen LogP contribution in [-0.2, 0) is 22.0 Å². The zero-order valence-corrected chi connectivity index (χ0v) is 12.2. The molecule has 7 heteroatoms. The highest BCUT2D eigenvalue weighted by Gasteiger charge is 2.25. The van der Waals surface area contributed by atoms with Gasteiger partial charge in [0.05, 0.1) is 5.69 Å². The number of unbranched alkanes of at least 4 members (excludes halogenated alkanes) is 1. The fourth-order valence-electron chi connectivity index (χ4n) is 1.57. The first-order chi connectivity index (χ1) is 7.91. The molecule has 0 bridgehead atoms. The SMILES string of the molecule is CCCCn1nc(CCC)c(S(=O)(=O)Cl)c1Cl. The van der Waals surface area contributed by atoms with E-state index >= 15 is 0 Å². The lowest BCUT2D eigenvalue weighted by molar-refractivity contribution is 0.565. The zero-order valence-electron chi connectivity index (χ0n) is 9.91. The number of hydrogen-bond donors (Lipinski definition) is 0. The molecule has 0 saturated heterocycles. The van der Waals surface area contributed by atoms with Crippen LogP contribution >= 0.6 is 22.3 Å². The van der Waals surface area contributed by atoms with Gasteiger partial charge in [0.15, 0.2) is 0 Å². The van der Waals surface area contributed by atoms with Crippen LogP contribution in [-0.4, -0.2) is 18.2 Å². The van der Waals surface area contributed by atoms with Crippen LogP contribution in [0.15, 0.2) is 4.90 Å². The average molecular weight is 299 g/mol.